The maximum Gasteiger partial charge on any atom is 0.253 e. The van der Waals surface area contributed by atoms with Gasteiger partial charge in [0.15, 0.2) is 0 Å². The molecule has 20 heavy (non-hydrogen) atoms. The summed E-state index contributed by atoms with van der Waals surface area (Å²) in [5.74, 6) is 0.698. The van der Waals surface area contributed by atoms with Crippen LogP contribution < -0.4 is 20.5 Å². The maximum absolute atomic E-state index is 12.3. The molecule has 3 N–H and O–H groups in total. The highest BCUT2D eigenvalue weighted by Gasteiger charge is 2.27. The van der Waals surface area contributed by atoms with Crippen LogP contribution in [0.25, 0.3) is 0 Å². The van der Waals surface area contributed by atoms with Crippen molar-refractivity contribution in [1.29, 1.82) is 0 Å². The fourth-order valence-electron chi connectivity index (χ4n) is 2.24. The van der Waals surface area contributed by atoms with Gasteiger partial charge in [-0.2, -0.15) is 0 Å². The normalized spacial score (nSPS) is 21.6. The van der Waals surface area contributed by atoms with E-state index in [0.29, 0.717) is 29.4 Å². The Balaban J connectivity index is 2.24. The summed E-state index contributed by atoms with van der Waals surface area (Å²) in [7, 11) is 3.03. The molecule has 2 atom stereocenters. The van der Waals surface area contributed by atoms with Crippen molar-refractivity contribution in [3.63, 3.8) is 0 Å². The Kier molecular flexibility index (Phi) is 4.34. The number of nitrogen functional groups attached to an aromatic ring is 1. The van der Waals surface area contributed by atoms with Crippen LogP contribution in [-0.4, -0.2) is 38.9 Å². The Hall–Kier alpha value is -1.95. The van der Waals surface area contributed by atoms with E-state index in [1.54, 1.807) is 12.1 Å². The number of carbonyl (C=O) groups excluding carboxylic acids is 1. The summed E-state index contributed by atoms with van der Waals surface area (Å²) in [4.78, 5) is 12.3. The van der Waals surface area contributed by atoms with Gasteiger partial charge in [-0.3, -0.25) is 4.79 Å². The van der Waals surface area contributed by atoms with E-state index >= 15 is 0 Å². The molecule has 1 aromatic rings. The number of hydrogen-bond acceptors (Lipinski definition) is 5. The zero-order valence-electron chi connectivity index (χ0n) is 11.9. The monoisotopic (exact) mass is 280 g/mol. The van der Waals surface area contributed by atoms with E-state index in [1.807, 2.05) is 6.92 Å². The summed E-state index contributed by atoms with van der Waals surface area (Å²) in [6.07, 6.45) is 0.807. The molecule has 0 spiro atoms. The second-order valence-corrected chi connectivity index (χ2v) is 4.74. The molecule has 0 saturated carbocycles. The minimum absolute atomic E-state index is 0.000837. The lowest BCUT2D eigenvalue weighted by Crippen LogP contribution is -2.39. The van der Waals surface area contributed by atoms with Gasteiger partial charge < -0.3 is 25.3 Å². The van der Waals surface area contributed by atoms with E-state index in [-0.39, 0.29) is 18.1 Å². The van der Waals surface area contributed by atoms with E-state index in [4.69, 9.17) is 19.9 Å². The van der Waals surface area contributed by atoms with Crippen molar-refractivity contribution in [2.45, 2.75) is 25.5 Å². The number of nitrogens with one attached hydrogen (secondary N) is 1. The van der Waals surface area contributed by atoms with Gasteiger partial charge in [0.25, 0.3) is 5.91 Å². The third-order valence-corrected chi connectivity index (χ3v) is 3.51. The molecule has 1 amide bonds. The quantitative estimate of drug-likeness (QED) is 0.810. The molecule has 110 valence electrons. The molecule has 1 heterocycles. The van der Waals surface area contributed by atoms with Gasteiger partial charge in [0.1, 0.15) is 11.5 Å². The van der Waals surface area contributed by atoms with Crippen molar-refractivity contribution < 1.29 is 19.0 Å². The third-order valence-electron chi connectivity index (χ3n) is 3.51. The minimum atomic E-state index is -0.248. The summed E-state index contributed by atoms with van der Waals surface area (Å²) in [6.45, 7) is 2.59. The first-order valence-corrected chi connectivity index (χ1v) is 6.50. The highest BCUT2D eigenvalue weighted by Crippen LogP contribution is 2.31. The first-order valence-electron chi connectivity index (χ1n) is 6.50. The molecule has 2 unspecified atom stereocenters. The lowest BCUT2D eigenvalue weighted by atomic mass is 10.1. The molecule has 6 heteroatoms. The number of amides is 1. The van der Waals surface area contributed by atoms with E-state index in [2.05, 4.69) is 5.32 Å². The summed E-state index contributed by atoms with van der Waals surface area (Å²) >= 11 is 0. The van der Waals surface area contributed by atoms with Crippen LogP contribution >= 0.6 is 0 Å². The summed E-state index contributed by atoms with van der Waals surface area (Å²) < 4.78 is 15.7. The predicted molar refractivity (Wildman–Crippen MR) is 75.2 cm³/mol. The Morgan fingerprint density at radius 3 is 2.70 bits per heavy atom. The number of nitrogens with two attached hydrogens (primary N) is 1. The largest absolute Gasteiger partial charge is 0.497 e. The average Bonchev–Trinajstić information content (AvgIpc) is 2.84. The smallest absolute Gasteiger partial charge is 0.253 e. The van der Waals surface area contributed by atoms with Gasteiger partial charge >= 0.3 is 0 Å². The molecular weight excluding hydrogens is 260 g/mol. The molecule has 0 radical (unpaired) electrons. The molecular formula is C14H20N2O4. The zero-order valence-corrected chi connectivity index (χ0v) is 11.9. The SMILES string of the molecule is COc1cc(OC)c(N)c(C(=O)NC2CCOC2C)c1. The lowest BCUT2D eigenvalue weighted by Gasteiger charge is -2.18. The fourth-order valence-corrected chi connectivity index (χ4v) is 2.24. The van der Waals surface area contributed by atoms with Gasteiger partial charge in [-0.1, -0.05) is 0 Å². The molecule has 1 fully saturated rings. The predicted octanol–water partition coefficient (Wildman–Crippen LogP) is 1.19. The van der Waals surface area contributed by atoms with Crippen LogP contribution in [-0.2, 0) is 4.74 Å². The van der Waals surface area contributed by atoms with Crippen molar-refractivity contribution in [3.05, 3.63) is 17.7 Å². The fraction of sp³-hybridized carbons (Fsp3) is 0.500. The van der Waals surface area contributed by atoms with Crippen molar-refractivity contribution in [2.24, 2.45) is 0 Å². The van der Waals surface area contributed by atoms with Crippen LogP contribution in [0.5, 0.6) is 11.5 Å². The van der Waals surface area contributed by atoms with Crippen LogP contribution in [0.15, 0.2) is 12.1 Å². The molecule has 0 bridgehead atoms. The topological polar surface area (TPSA) is 82.8 Å². The maximum atomic E-state index is 12.3. The number of benzene rings is 1. The highest BCUT2D eigenvalue weighted by molar-refractivity contribution is 6.01. The van der Waals surface area contributed by atoms with Crippen LogP contribution in [0.1, 0.15) is 23.7 Å². The van der Waals surface area contributed by atoms with Crippen molar-refractivity contribution >= 4 is 11.6 Å². The molecule has 0 aromatic heterocycles. The summed E-state index contributed by atoms with van der Waals surface area (Å²) in [6, 6.07) is 3.25. The van der Waals surface area contributed by atoms with E-state index in [9.17, 15) is 4.79 Å². The molecule has 1 aliphatic heterocycles. The molecule has 2 rings (SSSR count). The van der Waals surface area contributed by atoms with Crippen LogP contribution in [0.2, 0.25) is 0 Å². The van der Waals surface area contributed by atoms with Gasteiger partial charge in [0.05, 0.1) is 37.6 Å². The second-order valence-electron chi connectivity index (χ2n) is 4.74. The Morgan fingerprint density at radius 1 is 1.40 bits per heavy atom. The van der Waals surface area contributed by atoms with Gasteiger partial charge in [0.2, 0.25) is 0 Å². The Bertz CT molecular complexity index is 504. The van der Waals surface area contributed by atoms with Gasteiger partial charge in [0, 0.05) is 12.7 Å². The average molecular weight is 280 g/mol. The number of ether oxygens (including phenoxy) is 3. The first-order chi connectivity index (χ1) is 9.56. The van der Waals surface area contributed by atoms with E-state index < -0.39 is 0 Å². The number of carbonyl (C=O) groups is 1. The molecule has 6 nitrogen and oxygen atoms in total. The van der Waals surface area contributed by atoms with Crippen LogP contribution in [0.4, 0.5) is 5.69 Å². The van der Waals surface area contributed by atoms with Gasteiger partial charge in [-0.05, 0) is 19.4 Å². The minimum Gasteiger partial charge on any atom is -0.497 e. The molecule has 1 aromatic carbocycles. The van der Waals surface area contributed by atoms with Crippen LogP contribution in [0.3, 0.4) is 0 Å². The molecule has 1 aliphatic rings. The van der Waals surface area contributed by atoms with Crippen molar-refractivity contribution in [1.82, 2.24) is 5.32 Å². The number of hydrogen-bond donors (Lipinski definition) is 2. The number of rotatable bonds is 4. The van der Waals surface area contributed by atoms with Gasteiger partial charge in [-0.15, -0.1) is 0 Å². The van der Waals surface area contributed by atoms with Crippen molar-refractivity contribution in [2.75, 3.05) is 26.6 Å². The van der Waals surface area contributed by atoms with E-state index in [1.165, 1.54) is 14.2 Å². The first kappa shape index (κ1) is 14.5. The second kappa shape index (κ2) is 6.00. The highest BCUT2D eigenvalue weighted by atomic mass is 16.5. The van der Waals surface area contributed by atoms with Crippen molar-refractivity contribution in [3.8, 4) is 11.5 Å². The zero-order chi connectivity index (χ0) is 14.7. The summed E-state index contributed by atoms with van der Waals surface area (Å²) in [5, 5.41) is 2.93. The number of methoxy groups -OCH3 is 2. The molecule has 0 aliphatic carbocycles. The standard InChI is InChI=1S/C14H20N2O4/c1-8-11(4-5-20-8)16-14(17)10-6-9(18-2)7-12(19-3)13(10)15/h6-8,11H,4-5,15H2,1-3H3,(H,16,17). The molecule has 1 saturated heterocycles. The van der Waals surface area contributed by atoms with Crippen LogP contribution in [0, 0.1) is 0 Å². The van der Waals surface area contributed by atoms with E-state index in [0.717, 1.165) is 6.42 Å². The lowest BCUT2D eigenvalue weighted by molar-refractivity contribution is 0.0866. The Morgan fingerprint density at radius 2 is 2.15 bits per heavy atom. The summed E-state index contributed by atoms with van der Waals surface area (Å²) in [5.41, 5.74) is 6.61. The Labute approximate surface area is 118 Å². The third kappa shape index (κ3) is 2.80. The number of anilines is 1. The van der Waals surface area contributed by atoms with Gasteiger partial charge in [-0.25, -0.2) is 0 Å².